The van der Waals surface area contributed by atoms with Crippen LogP contribution in [0.2, 0.25) is 5.02 Å². The van der Waals surface area contributed by atoms with E-state index in [-0.39, 0.29) is 21.2 Å². The van der Waals surface area contributed by atoms with Crippen molar-refractivity contribution < 1.29 is 18.1 Å². The van der Waals surface area contributed by atoms with E-state index in [9.17, 15) is 23.3 Å². The molecule has 0 saturated carbocycles. The van der Waals surface area contributed by atoms with Gasteiger partial charge in [-0.05, 0) is 75.4 Å². The van der Waals surface area contributed by atoms with Crippen LogP contribution >= 0.6 is 11.6 Å². The average molecular weight is 517 g/mol. The summed E-state index contributed by atoms with van der Waals surface area (Å²) in [6.45, 7) is 7.06. The molecule has 0 unspecified atom stereocenters. The van der Waals surface area contributed by atoms with Gasteiger partial charge in [0, 0.05) is 41.8 Å². The van der Waals surface area contributed by atoms with Crippen molar-refractivity contribution in [2.24, 2.45) is 0 Å². The second kappa shape index (κ2) is 10.7. The fourth-order valence-corrected chi connectivity index (χ4v) is 4.76. The van der Waals surface area contributed by atoms with Crippen molar-refractivity contribution in [2.75, 3.05) is 21.5 Å². The van der Waals surface area contributed by atoms with E-state index in [4.69, 9.17) is 11.6 Å². The molecule has 11 heteroatoms. The molecule has 1 amide bonds. The first-order valence-corrected chi connectivity index (χ1v) is 12.6. The van der Waals surface area contributed by atoms with Crippen molar-refractivity contribution in [3.8, 4) is 0 Å². The molecule has 0 aliphatic rings. The molecular weight excluding hydrogens is 492 g/mol. The lowest BCUT2D eigenvalue weighted by atomic mass is 10.2. The SMILES string of the molecule is CCN(c1ccc(NS(=O)(=O)c2ccc(NC(=O)c3cc([N+](=O)[O-])ccc3Cl)cc2)cc1)C(C)C. The molecule has 0 saturated heterocycles. The summed E-state index contributed by atoms with van der Waals surface area (Å²) in [5, 5.41) is 13.6. The Bertz CT molecular complexity index is 1330. The largest absolute Gasteiger partial charge is 0.369 e. The standard InChI is InChI=1S/C24H25ClN4O5S/c1-4-28(16(2)3)19-9-5-18(6-10-19)27-35(33,34)21-12-7-17(8-13-21)26-24(30)22-15-20(29(31)32)11-14-23(22)25/h5-16,27H,4H2,1-3H3,(H,26,30). The maximum Gasteiger partial charge on any atom is 0.270 e. The van der Waals surface area contributed by atoms with Gasteiger partial charge in [-0.2, -0.15) is 0 Å². The minimum Gasteiger partial charge on any atom is -0.369 e. The minimum absolute atomic E-state index is 0.00493. The van der Waals surface area contributed by atoms with E-state index < -0.39 is 20.9 Å². The number of non-ortho nitro benzene ring substituents is 1. The molecule has 3 aromatic rings. The third kappa shape index (κ3) is 6.28. The molecule has 9 nitrogen and oxygen atoms in total. The Kier molecular flexibility index (Phi) is 7.98. The summed E-state index contributed by atoms with van der Waals surface area (Å²) < 4.78 is 28.1. The lowest BCUT2D eigenvalue weighted by Crippen LogP contribution is -2.30. The fourth-order valence-electron chi connectivity index (χ4n) is 3.50. The first kappa shape index (κ1) is 26.0. The van der Waals surface area contributed by atoms with Crippen molar-refractivity contribution >= 4 is 50.3 Å². The van der Waals surface area contributed by atoms with Gasteiger partial charge in [-0.3, -0.25) is 19.6 Å². The Labute approximate surface area is 208 Å². The molecule has 0 heterocycles. The van der Waals surface area contributed by atoms with Crippen molar-refractivity contribution in [3.05, 3.63) is 87.4 Å². The van der Waals surface area contributed by atoms with Gasteiger partial charge >= 0.3 is 0 Å². The van der Waals surface area contributed by atoms with E-state index in [1.807, 2.05) is 12.1 Å². The van der Waals surface area contributed by atoms with Gasteiger partial charge in [0.05, 0.1) is 20.4 Å². The highest BCUT2D eigenvalue weighted by atomic mass is 35.5. The molecule has 184 valence electrons. The Morgan fingerprint density at radius 3 is 2.17 bits per heavy atom. The zero-order valence-corrected chi connectivity index (χ0v) is 20.9. The predicted octanol–water partition coefficient (Wildman–Crippen LogP) is 5.54. The van der Waals surface area contributed by atoms with Gasteiger partial charge in [0.15, 0.2) is 0 Å². The molecule has 0 fully saturated rings. The van der Waals surface area contributed by atoms with Crippen LogP contribution in [0.4, 0.5) is 22.7 Å². The van der Waals surface area contributed by atoms with Crippen LogP contribution in [0.15, 0.2) is 71.6 Å². The first-order chi connectivity index (χ1) is 16.5. The number of amides is 1. The van der Waals surface area contributed by atoms with Gasteiger partial charge in [-0.1, -0.05) is 11.6 Å². The summed E-state index contributed by atoms with van der Waals surface area (Å²) in [6.07, 6.45) is 0. The number of nitro benzene ring substituents is 1. The Morgan fingerprint density at radius 1 is 1.03 bits per heavy atom. The maximum atomic E-state index is 12.8. The van der Waals surface area contributed by atoms with Crippen molar-refractivity contribution in [1.82, 2.24) is 0 Å². The number of anilines is 3. The van der Waals surface area contributed by atoms with Gasteiger partial charge in [0.25, 0.3) is 21.6 Å². The van der Waals surface area contributed by atoms with E-state index in [1.54, 1.807) is 12.1 Å². The number of carbonyl (C=O) groups excluding carboxylic acids is 1. The molecule has 0 aromatic heterocycles. The molecule has 0 bridgehead atoms. The summed E-state index contributed by atoms with van der Waals surface area (Å²) in [5.41, 5.74) is 1.38. The van der Waals surface area contributed by atoms with Crippen LogP contribution in [0.1, 0.15) is 31.1 Å². The Hall–Kier alpha value is -3.63. The van der Waals surface area contributed by atoms with Crippen LogP contribution < -0.4 is 14.9 Å². The number of carbonyl (C=O) groups is 1. The fraction of sp³-hybridized carbons (Fsp3) is 0.208. The van der Waals surface area contributed by atoms with Crippen LogP contribution in [-0.4, -0.2) is 31.8 Å². The van der Waals surface area contributed by atoms with Crippen LogP contribution in [0.3, 0.4) is 0 Å². The van der Waals surface area contributed by atoms with Crippen molar-refractivity contribution in [3.63, 3.8) is 0 Å². The molecule has 0 radical (unpaired) electrons. The number of nitrogens with one attached hydrogen (secondary N) is 2. The van der Waals surface area contributed by atoms with Crippen molar-refractivity contribution in [2.45, 2.75) is 31.7 Å². The summed E-state index contributed by atoms with van der Waals surface area (Å²) >= 11 is 6.00. The summed E-state index contributed by atoms with van der Waals surface area (Å²) in [4.78, 5) is 25.0. The van der Waals surface area contributed by atoms with Crippen LogP contribution in [-0.2, 0) is 10.0 Å². The topological polar surface area (TPSA) is 122 Å². The monoisotopic (exact) mass is 516 g/mol. The molecule has 0 atom stereocenters. The molecular formula is C24H25ClN4O5S. The molecule has 3 aromatic carbocycles. The van der Waals surface area contributed by atoms with Crippen molar-refractivity contribution in [1.29, 1.82) is 0 Å². The Morgan fingerprint density at radius 2 is 1.63 bits per heavy atom. The van der Waals surface area contributed by atoms with E-state index in [2.05, 4.69) is 35.7 Å². The summed E-state index contributed by atoms with van der Waals surface area (Å²) in [5.74, 6) is -0.657. The molecule has 35 heavy (non-hydrogen) atoms. The van der Waals surface area contributed by atoms with E-state index in [0.29, 0.717) is 17.4 Å². The normalized spacial score (nSPS) is 11.2. The first-order valence-electron chi connectivity index (χ1n) is 10.8. The minimum atomic E-state index is -3.86. The summed E-state index contributed by atoms with van der Waals surface area (Å²) in [7, 11) is -3.86. The predicted molar refractivity (Wildman–Crippen MR) is 138 cm³/mol. The van der Waals surface area contributed by atoms with E-state index in [0.717, 1.165) is 18.3 Å². The van der Waals surface area contributed by atoms with Gasteiger partial charge in [-0.15, -0.1) is 0 Å². The number of nitro groups is 1. The Balaban J connectivity index is 1.72. The van der Waals surface area contributed by atoms with E-state index >= 15 is 0 Å². The third-order valence-electron chi connectivity index (χ3n) is 5.24. The van der Waals surface area contributed by atoms with Crippen LogP contribution in [0, 0.1) is 10.1 Å². The maximum absolute atomic E-state index is 12.8. The third-order valence-corrected chi connectivity index (χ3v) is 6.97. The lowest BCUT2D eigenvalue weighted by molar-refractivity contribution is -0.384. The number of rotatable bonds is 9. The number of hydrogen-bond donors (Lipinski definition) is 2. The molecule has 0 spiro atoms. The smallest absolute Gasteiger partial charge is 0.270 e. The van der Waals surface area contributed by atoms with Crippen LogP contribution in [0.5, 0.6) is 0 Å². The van der Waals surface area contributed by atoms with Gasteiger partial charge in [0.1, 0.15) is 0 Å². The second-order valence-electron chi connectivity index (χ2n) is 7.93. The lowest BCUT2D eigenvalue weighted by Gasteiger charge is -2.27. The van der Waals surface area contributed by atoms with Crippen LogP contribution in [0.25, 0.3) is 0 Å². The highest BCUT2D eigenvalue weighted by Crippen LogP contribution is 2.25. The molecule has 0 aliphatic carbocycles. The molecule has 2 N–H and O–H groups in total. The quantitative estimate of drug-likeness (QED) is 0.284. The summed E-state index contributed by atoms with van der Waals surface area (Å²) in [6, 6.07) is 16.5. The van der Waals surface area contributed by atoms with E-state index in [1.165, 1.54) is 36.4 Å². The second-order valence-corrected chi connectivity index (χ2v) is 10.0. The number of sulfonamides is 1. The zero-order chi connectivity index (χ0) is 25.8. The molecule has 0 aliphatic heterocycles. The number of benzene rings is 3. The number of hydrogen-bond acceptors (Lipinski definition) is 6. The number of nitrogens with zero attached hydrogens (tertiary/aromatic N) is 2. The highest BCUT2D eigenvalue weighted by molar-refractivity contribution is 7.92. The van der Waals surface area contributed by atoms with Gasteiger partial charge in [-0.25, -0.2) is 8.42 Å². The van der Waals surface area contributed by atoms with Gasteiger partial charge < -0.3 is 10.2 Å². The number of halogens is 1. The zero-order valence-electron chi connectivity index (χ0n) is 19.4. The average Bonchev–Trinajstić information content (AvgIpc) is 2.80. The molecule has 3 rings (SSSR count). The van der Waals surface area contributed by atoms with Gasteiger partial charge in [0.2, 0.25) is 0 Å². The highest BCUT2D eigenvalue weighted by Gasteiger charge is 2.18.